The molecule has 1 heterocycles. The Morgan fingerprint density at radius 1 is 1.41 bits per heavy atom. The fourth-order valence-electron chi connectivity index (χ4n) is 2.40. The van der Waals surface area contributed by atoms with Gasteiger partial charge in [-0.15, -0.1) is 0 Å². The first-order valence-electron chi connectivity index (χ1n) is 6.33. The Morgan fingerprint density at radius 3 is 2.88 bits per heavy atom. The van der Waals surface area contributed by atoms with Crippen LogP contribution in [0.5, 0.6) is 0 Å². The zero-order valence-electron chi connectivity index (χ0n) is 10.3. The summed E-state index contributed by atoms with van der Waals surface area (Å²) in [6.45, 7) is 2.83. The lowest BCUT2D eigenvalue weighted by molar-refractivity contribution is -0.147. The van der Waals surface area contributed by atoms with Gasteiger partial charge in [-0.3, -0.25) is 9.59 Å². The van der Waals surface area contributed by atoms with Gasteiger partial charge < -0.3 is 9.64 Å². The van der Waals surface area contributed by atoms with Gasteiger partial charge >= 0.3 is 5.97 Å². The van der Waals surface area contributed by atoms with Gasteiger partial charge in [0.25, 0.3) is 0 Å². The van der Waals surface area contributed by atoms with Crippen LogP contribution in [0.1, 0.15) is 39.0 Å². The molecule has 1 amide bonds. The predicted octanol–water partition coefficient (Wildman–Crippen LogP) is 1.86. The number of nitrogens with zero attached hydrogens (tertiary/aromatic N) is 1. The molecule has 0 spiro atoms. The minimum absolute atomic E-state index is 0.0441. The van der Waals surface area contributed by atoms with Crippen LogP contribution >= 0.6 is 0 Å². The molecule has 0 N–H and O–H groups in total. The van der Waals surface area contributed by atoms with Crippen LogP contribution in [-0.4, -0.2) is 29.9 Å². The topological polar surface area (TPSA) is 46.6 Å². The molecule has 0 aromatic carbocycles. The summed E-state index contributed by atoms with van der Waals surface area (Å²) in [7, 11) is 0. The maximum absolute atomic E-state index is 11.9. The van der Waals surface area contributed by atoms with Gasteiger partial charge in [0.15, 0.2) is 0 Å². The number of ether oxygens (including phenoxy) is 1. The first kappa shape index (κ1) is 12.1. The van der Waals surface area contributed by atoms with E-state index in [9.17, 15) is 9.59 Å². The zero-order chi connectivity index (χ0) is 12.3. The highest BCUT2D eigenvalue weighted by molar-refractivity contribution is 5.77. The van der Waals surface area contributed by atoms with Crippen molar-refractivity contribution in [1.82, 2.24) is 4.90 Å². The fraction of sp³-hybridized carbons (Fsp3) is 0.692. The van der Waals surface area contributed by atoms with Crippen LogP contribution in [0.4, 0.5) is 0 Å². The maximum Gasteiger partial charge on any atom is 0.315 e. The Hall–Kier alpha value is -1.32. The summed E-state index contributed by atoms with van der Waals surface area (Å²) < 4.78 is 5.36. The second kappa shape index (κ2) is 5.34. The van der Waals surface area contributed by atoms with Crippen molar-refractivity contribution in [3.05, 3.63) is 11.8 Å². The first-order valence-corrected chi connectivity index (χ1v) is 6.33. The summed E-state index contributed by atoms with van der Waals surface area (Å²) in [5.41, 5.74) is 0. The van der Waals surface area contributed by atoms with E-state index < -0.39 is 0 Å². The lowest BCUT2D eigenvalue weighted by atomic mass is 9.98. The maximum atomic E-state index is 11.9. The summed E-state index contributed by atoms with van der Waals surface area (Å²) in [6, 6.07) is 0. The van der Waals surface area contributed by atoms with E-state index in [0.717, 1.165) is 44.4 Å². The molecule has 0 saturated carbocycles. The van der Waals surface area contributed by atoms with E-state index in [-0.39, 0.29) is 17.8 Å². The Balaban J connectivity index is 1.88. The van der Waals surface area contributed by atoms with Crippen LogP contribution < -0.4 is 0 Å². The van der Waals surface area contributed by atoms with Crippen LogP contribution in [0.3, 0.4) is 0 Å². The average molecular weight is 237 g/mol. The number of rotatable bonds is 2. The van der Waals surface area contributed by atoms with E-state index >= 15 is 0 Å². The van der Waals surface area contributed by atoms with Gasteiger partial charge in [0.1, 0.15) is 5.76 Å². The molecule has 4 nitrogen and oxygen atoms in total. The quantitative estimate of drug-likeness (QED) is 0.689. The van der Waals surface area contributed by atoms with Crippen LogP contribution in [0.25, 0.3) is 0 Å². The zero-order valence-corrected chi connectivity index (χ0v) is 10.3. The van der Waals surface area contributed by atoms with Crippen molar-refractivity contribution in [3.8, 4) is 0 Å². The van der Waals surface area contributed by atoms with Gasteiger partial charge in [0.2, 0.25) is 5.91 Å². The number of hydrogen-bond acceptors (Lipinski definition) is 3. The average Bonchev–Trinajstić information content (AvgIpc) is 2.82. The molecule has 1 atom stereocenters. The monoisotopic (exact) mass is 237 g/mol. The standard InChI is InChI=1S/C13H19NO3/c1-10(15)14-8-4-5-11(9-14)13(16)17-12-6-2-3-7-12/h6,11H,2-5,7-9H2,1H3. The minimum atomic E-state index is -0.163. The van der Waals surface area contributed by atoms with Crippen molar-refractivity contribution in [2.45, 2.75) is 39.0 Å². The molecule has 0 radical (unpaired) electrons. The molecule has 1 unspecified atom stereocenters. The Bertz CT molecular complexity index is 349. The number of likely N-dealkylation sites (tertiary alicyclic amines) is 1. The molecule has 0 bridgehead atoms. The largest absolute Gasteiger partial charge is 0.431 e. The third-order valence-electron chi connectivity index (χ3n) is 3.43. The van der Waals surface area contributed by atoms with Crippen molar-refractivity contribution in [2.24, 2.45) is 5.92 Å². The van der Waals surface area contributed by atoms with Gasteiger partial charge in [0, 0.05) is 26.4 Å². The van der Waals surface area contributed by atoms with Gasteiger partial charge in [0.05, 0.1) is 5.92 Å². The first-order chi connectivity index (χ1) is 8.16. The molecule has 17 heavy (non-hydrogen) atoms. The lowest BCUT2D eigenvalue weighted by Crippen LogP contribution is -2.41. The van der Waals surface area contributed by atoms with Crippen molar-refractivity contribution in [2.75, 3.05) is 13.1 Å². The van der Waals surface area contributed by atoms with Gasteiger partial charge in [-0.05, 0) is 31.8 Å². The molecule has 0 aromatic heterocycles. The number of piperidine rings is 1. The molecule has 1 saturated heterocycles. The van der Waals surface area contributed by atoms with Crippen LogP contribution in [-0.2, 0) is 14.3 Å². The third-order valence-corrected chi connectivity index (χ3v) is 3.43. The number of allylic oxidation sites excluding steroid dienone is 2. The summed E-state index contributed by atoms with van der Waals surface area (Å²) in [4.78, 5) is 24.9. The molecule has 94 valence electrons. The molecular formula is C13H19NO3. The second-order valence-corrected chi connectivity index (χ2v) is 4.79. The lowest BCUT2D eigenvalue weighted by Gasteiger charge is -2.30. The van der Waals surface area contributed by atoms with Crippen molar-refractivity contribution in [1.29, 1.82) is 0 Å². The van der Waals surface area contributed by atoms with Crippen molar-refractivity contribution < 1.29 is 14.3 Å². The highest BCUT2D eigenvalue weighted by Crippen LogP contribution is 2.23. The van der Waals surface area contributed by atoms with Crippen molar-refractivity contribution >= 4 is 11.9 Å². The number of carbonyl (C=O) groups is 2. The van der Waals surface area contributed by atoms with Gasteiger partial charge in [-0.1, -0.05) is 0 Å². The highest BCUT2D eigenvalue weighted by Gasteiger charge is 2.29. The fourth-order valence-corrected chi connectivity index (χ4v) is 2.40. The predicted molar refractivity (Wildman–Crippen MR) is 63.0 cm³/mol. The molecule has 4 heteroatoms. The van der Waals surface area contributed by atoms with Crippen molar-refractivity contribution in [3.63, 3.8) is 0 Å². The highest BCUT2D eigenvalue weighted by atomic mass is 16.5. The summed E-state index contributed by atoms with van der Waals surface area (Å²) in [5.74, 6) is 0.552. The van der Waals surface area contributed by atoms with E-state index in [4.69, 9.17) is 4.74 Å². The van der Waals surface area contributed by atoms with Crippen LogP contribution in [0.15, 0.2) is 11.8 Å². The Kier molecular flexibility index (Phi) is 3.82. The van der Waals surface area contributed by atoms with Gasteiger partial charge in [-0.25, -0.2) is 0 Å². The van der Waals surface area contributed by atoms with Crippen LogP contribution in [0, 0.1) is 5.92 Å². The second-order valence-electron chi connectivity index (χ2n) is 4.79. The van der Waals surface area contributed by atoms with E-state index in [2.05, 4.69) is 0 Å². The van der Waals surface area contributed by atoms with Gasteiger partial charge in [-0.2, -0.15) is 0 Å². The summed E-state index contributed by atoms with van der Waals surface area (Å²) in [6.07, 6.45) is 6.66. The summed E-state index contributed by atoms with van der Waals surface area (Å²) >= 11 is 0. The Labute approximate surface area is 102 Å². The van der Waals surface area contributed by atoms with Crippen LogP contribution in [0.2, 0.25) is 0 Å². The van der Waals surface area contributed by atoms with E-state index in [1.165, 1.54) is 0 Å². The normalized spacial score (nSPS) is 24.4. The Morgan fingerprint density at radius 2 is 2.24 bits per heavy atom. The molecule has 1 aliphatic carbocycles. The van der Waals surface area contributed by atoms with E-state index in [1.807, 2.05) is 6.08 Å². The molecule has 1 aliphatic heterocycles. The molecular weight excluding hydrogens is 218 g/mol. The number of esters is 1. The number of carbonyl (C=O) groups excluding carboxylic acids is 2. The smallest absolute Gasteiger partial charge is 0.315 e. The SMILES string of the molecule is CC(=O)N1CCCC(C(=O)OC2=CCCC2)C1. The van der Waals surface area contributed by atoms with E-state index in [1.54, 1.807) is 11.8 Å². The minimum Gasteiger partial charge on any atom is -0.431 e. The molecule has 1 fully saturated rings. The third kappa shape index (κ3) is 3.08. The molecule has 2 aliphatic rings. The number of amides is 1. The summed E-state index contributed by atoms with van der Waals surface area (Å²) in [5, 5.41) is 0. The molecule has 2 rings (SSSR count). The number of hydrogen-bond donors (Lipinski definition) is 0. The van der Waals surface area contributed by atoms with E-state index in [0.29, 0.717) is 6.54 Å². The molecule has 0 aromatic rings.